The molecule has 0 aliphatic carbocycles. The molecule has 0 radical (unpaired) electrons. The summed E-state index contributed by atoms with van der Waals surface area (Å²) in [5.74, 6) is -1.91. The molecular formula is C12H14F4N2O. The molecule has 19 heavy (non-hydrogen) atoms. The Kier molecular flexibility index (Phi) is 4.74. The Morgan fingerprint density at radius 2 is 2.00 bits per heavy atom. The van der Waals surface area contributed by atoms with E-state index in [4.69, 9.17) is 5.73 Å². The van der Waals surface area contributed by atoms with Gasteiger partial charge < -0.3 is 10.6 Å². The lowest BCUT2D eigenvalue weighted by molar-refractivity contribution is -0.140. The summed E-state index contributed by atoms with van der Waals surface area (Å²) in [5.41, 5.74) is 5.01. The Morgan fingerprint density at radius 3 is 2.47 bits per heavy atom. The van der Waals surface area contributed by atoms with Gasteiger partial charge in [0.15, 0.2) is 0 Å². The van der Waals surface area contributed by atoms with E-state index in [0.717, 1.165) is 12.1 Å². The van der Waals surface area contributed by atoms with Crippen LogP contribution in [0, 0.1) is 5.82 Å². The number of carbonyl (C=O) groups is 1. The minimum Gasteiger partial charge on any atom is -0.399 e. The number of hydrogen-bond donors (Lipinski definition) is 1. The third-order valence-corrected chi connectivity index (χ3v) is 2.37. The second-order valence-electron chi connectivity index (χ2n) is 4.08. The van der Waals surface area contributed by atoms with Crippen LogP contribution in [0.4, 0.5) is 23.2 Å². The molecule has 1 amide bonds. The maximum absolute atomic E-state index is 13.5. The molecule has 0 unspecified atom stereocenters. The normalized spacial score (nSPS) is 11.4. The van der Waals surface area contributed by atoms with Gasteiger partial charge in [-0.25, -0.2) is 4.39 Å². The first kappa shape index (κ1) is 15.3. The third kappa shape index (κ3) is 4.42. The van der Waals surface area contributed by atoms with Crippen molar-refractivity contribution in [1.29, 1.82) is 0 Å². The second-order valence-corrected chi connectivity index (χ2v) is 4.08. The molecule has 0 saturated heterocycles. The summed E-state index contributed by atoms with van der Waals surface area (Å²) in [7, 11) is 0. The van der Waals surface area contributed by atoms with Gasteiger partial charge >= 0.3 is 6.18 Å². The summed E-state index contributed by atoms with van der Waals surface area (Å²) in [4.78, 5) is 12.5. The van der Waals surface area contributed by atoms with Gasteiger partial charge in [-0.15, -0.1) is 0 Å². The molecule has 0 saturated carbocycles. The SMILES string of the molecule is CCCN(CC(F)(F)F)C(=O)c1ccc(N)cc1F. The number of alkyl halides is 3. The summed E-state index contributed by atoms with van der Waals surface area (Å²) in [5, 5.41) is 0. The molecule has 0 spiro atoms. The Balaban J connectivity index is 2.99. The molecule has 106 valence electrons. The third-order valence-electron chi connectivity index (χ3n) is 2.37. The van der Waals surface area contributed by atoms with Crippen molar-refractivity contribution in [3.63, 3.8) is 0 Å². The number of hydrogen-bond acceptors (Lipinski definition) is 2. The van der Waals surface area contributed by atoms with Gasteiger partial charge in [0.25, 0.3) is 5.91 Å². The Morgan fingerprint density at radius 1 is 1.37 bits per heavy atom. The zero-order chi connectivity index (χ0) is 14.6. The van der Waals surface area contributed by atoms with Crippen molar-refractivity contribution in [1.82, 2.24) is 4.90 Å². The number of amides is 1. The molecule has 0 aliphatic rings. The first-order valence-corrected chi connectivity index (χ1v) is 5.65. The lowest BCUT2D eigenvalue weighted by Crippen LogP contribution is -2.39. The topological polar surface area (TPSA) is 46.3 Å². The van der Waals surface area contributed by atoms with Crippen LogP contribution in [0.1, 0.15) is 23.7 Å². The molecule has 0 atom stereocenters. The van der Waals surface area contributed by atoms with Crippen LogP contribution >= 0.6 is 0 Å². The van der Waals surface area contributed by atoms with E-state index in [1.54, 1.807) is 6.92 Å². The molecule has 0 bridgehead atoms. The Hall–Kier alpha value is -1.79. The standard InChI is InChI=1S/C12H14F4N2O/c1-2-5-18(7-12(14,15)16)11(19)9-4-3-8(17)6-10(9)13/h3-4,6H,2,5,7,17H2,1H3. The van der Waals surface area contributed by atoms with Crippen LogP contribution in [0.2, 0.25) is 0 Å². The van der Waals surface area contributed by atoms with Crippen molar-refractivity contribution >= 4 is 11.6 Å². The molecular weight excluding hydrogens is 264 g/mol. The summed E-state index contributed by atoms with van der Waals surface area (Å²) in [6.45, 7) is 0.141. The van der Waals surface area contributed by atoms with E-state index in [2.05, 4.69) is 0 Å². The van der Waals surface area contributed by atoms with Gasteiger partial charge in [-0.05, 0) is 24.6 Å². The first-order valence-electron chi connectivity index (χ1n) is 5.65. The number of carbonyl (C=O) groups excluding carboxylic acids is 1. The van der Waals surface area contributed by atoms with Crippen molar-refractivity contribution in [3.8, 4) is 0 Å². The Labute approximate surface area is 108 Å². The predicted molar refractivity (Wildman–Crippen MR) is 63.1 cm³/mol. The largest absolute Gasteiger partial charge is 0.406 e. The molecule has 1 rings (SSSR count). The molecule has 2 N–H and O–H groups in total. The number of nitrogens with zero attached hydrogens (tertiary/aromatic N) is 1. The lowest BCUT2D eigenvalue weighted by Gasteiger charge is -2.23. The summed E-state index contributed by atoms with van der Waals surface area (Å²) in [6, 6.07) is 3.27. The van der Waals surface area contributed by atoms with E-state index in [-0.39, 0.29) is 12.2 Å². The van der Waals surface area contributed by atoms with E-state index < -0.39 is 30.0 Å². The van der Waals surface area contributed by atoms with Gasteiger partial charge in [0.05, 0.1) is 5.56 Å². The quantitative estimate of drug-likeness (QED) is 0.680. The average molecular weight is 278 g/mol. The fraction of sp³-hybridized carbons (Fsp3) is 0.417. The number of anilines is 1. The van der Waals surface area contributed by atoms with Gasteiger partial charge in [-0.1, -0.05) is 6.92 Å². The highest BCUT2D eigenvalue weighted by molar-refractivity contribution is 5.94. The number of halogens is 4. The molecule has 1 aromatic carbocycles. The molecule has 0 fully saturated rings. The minimum absolute atomic E-state index is 0.0951. The van der Waals surface area contributed by atoms with Crippen LogP contribution in [-0.4, -0.2) is 30.1 Å². The van der Waals surface area contributed by atoms with E-state index in [9.17, 15) is 22.4 Å². The fourth-order valence-corrected chi connectivity index (χ4v) is 1.61. The highest BCUT2D eigenvalue weighted by Crippen LogP contribution is 2.20. The van der Waals surface area contributed by atoms with Crippen molar-refractivity contribution < 1.29 is 22.4 Å². The fourth-order valence-electron chi connectivity index (χ4n) is 1.61. The van der Waals surface area contributed by atoms with Gasteiger partial charge in [-0.3, -0.25) is 4.79 Å². The zero-order valence-corrected chi connectivity index (χ0v) is 10.3. The smallest absolute Gasteiger partial charge is 0.399 e. The molecule has 0 aromatic heterocycles. The molecule has 0 heterocycles. The van der Waals surface area contributed by atoms with Gasteiger partial charge in [-0.2, -0.15) is 13.2 Å². The van der Waals surface area contributed by atoms with Crippen LogP contribution in [0.5, 0.6) is 0 Å². The minimum atomic E-state index is -4.52. The van der Waals surface area contributed by atoms with Crippen LogP contribution in [-0.2, 0) is 0 Å². The number of benzene rings is 1. The lowest BCUT2D eigenvalue weighted by atomic mass is 10.1. The summed E-state index contributed by atoms with van der Waals surface area (Å²) >= 11 is 0. The van der Waals surface area contributed by atoms with Crippen molar-refractivity contribution in [2.24, 2.45) is 0 Å². The van der Waals surface area contributed by atoms with Crippen LogP contribution in [0.15, 0.2) is 18.2 Å². The van der Waals surface area contributed by atoms with Crippen molar-refractivity contribution in [2.45, 2.75) is 19.5 Å². The van der Waals surface area contributed by atoms with E-state index in [1.807, 2.05) is 0 Å². The number of nitrogens with two attached hydrogens (primary N) is 1. The van der Waals surface area contributed by atoms with E-state index >= 15 is 0 Å². The van der Waals surface area contributed by atoms with E-state index in [1.165, 1.54) is 6.07 Å². The zero-order valence-electron chi connectivity index (χ0n) is 10.3. The monoisotopic (exact) mass is 278 g/mol. The summed E-state index contributed by atoms with van der Waals surface area (Å²) < 4.78 is 50.6. The van der Waals surface area contributed by atoms with Crippen LogP contribution in [0.25, 0.3) is 0 Å². The van der Waals surface area contributed by atoms with E-state index in [0.29, 0.717) is 11.3 Å². The molecule has 7 heteroatoms. The average Bonchev–Trinajstić information content (AvgIpc) is 2.26. The second kappa shape index (κ2) is 5.90. The molecule has 3 nitrogen and oxygen atoms in total. The van der Waals surface area contributed by atoms with Gasteiger partial charge in [0.2, 0.25) is 0 Å². The van der Waals surface area contributed by atoms with Crippen LogP contribution in [0.3, 0.4) is 0 Å². The number of nitrogen functional groups attached to an aromatic ring is 1. The molecule has 0 aliphatic heterocycles. The predicted octanol–water partition coefficient (Wildman–Crippen LogP) is 2.82. The van der Waals surface area contributed by atoms with Crippen molar-refractivity contribution in [2.75, 3.05) is 18.8 Å². The summed E-state index contributed by atoms with van der Waals surface area (Å²) in [6.07, 6.45) is -4.17. The highest BCUT2D eigenvalue weighted by Gasteiger charge is 2.33. The van der Waals surface area contributed by atoms with Gasteiger partial charge in [0, 0.05) is 12.2 Å². The number of rotatable bonds is 4. The van der Waals surface area contributed by atoms with Gasteiger partial charge in [0.1, 0.15) is 12.4 Å². The maximum Gasteiger partial charge on any atom is 0.406 e. The Bertz CT molecular complexity index is 460. The first-order chi connectivity index (χ1) is 8.74. The van der Waals surface area contributed by atoms with Crippen molar-refractivity contribution in [3.05, 3.63) is 29.6 Å². The maximum atomic E-state index is 13.5. The highest BCUT2D eigenvalue weighted by atomic mass is 19.4. The van der Waals surface area contributed by atoms with Crippen LogP contribution < -0.4 is 5.73 Å². The molecule has 1 aromatic rings.